The number of aromatic hydroxyl groups is 2. The molecule has 1 aliphatic heterocycles. The second-order valence-electron chi connectivity index (χ2n) is 7.19. The number of likely N-dealkylation sites (N-methyl/N-ethyl adjacent to an activating group) is 1. The van der Waals surface area contributed by atoms with E-state index in [2.05, 4.69) is 14.1 Å². The van der Waals surface area contributed by atoms with Crippen molar-refractivity contribution in [2.24, 2.45) is 0 Å². The van der Waals surface area contributed by atoms with Crippen LogP contribution in [-0.2, 0) is 12.8 Å². The number of nitrogens with zero attached hydrogens (tertiary/aromatic N) is 1. The molecular weight excluding hydrogens is 417 g/mol. The van der Waals surface area contributed by atoms with Crippen LogP contribution in [0.4, 0.5) is 0 Å². The molecule has 0 spiro atoms. The van der Waals surface area contributed by atoms with Crippen molar-refractivity contribution in [3.63, 3.8) is 0 Å². The molecule has 5 heteroatoms. The Morgan fingerprint density at radius 1 is 1.12 bits per heavy atom. The molecule has 2 aliphatic rings. The summed E-state index contributed by atoms with van der Waals surface area (Å²) in [5, 5.41) is 20.8. The lowest BCUT2D eigenvalue weighted by molar-refractivity contribution is -0.923. The summed E-state index contributed by atoms with van der Waals surface area (Å²) >= 11 is 0. The highest BCUT2D eigenvalue weighted by Gasteiger charge is 2.42. The fourth-order valence-corrected chi connectivity index (χ4v) is 4.22. The Hall–Kier alpha value is -1.47. The maximum Gasteiger partial charge on any atom is 0.165 e. The second-order valence-corrected chi connectivity index (χ2v) is 7.19. The van der Waals surface area contributed by atoms with Gasteiger partial charge in [0.25, 0.3) is 0 Å². The molecule has 0 bridgehead atoms. The summed E-state index contributed by atoms with van der Waals surface area (Å²) in [6, 6.07) is 7.89. The maximum atomic E-state index is 10.7. The number of ether oxygens (including phenoxy) is 1. The third-order valence-electron chi connectivity index (χ3n) is 5.51. The zero-order valence-electron chi connectivity index (χ0n) is 14.1. The molecule has 1 heterocycles. The smallest absolute Gasteiger partial charge is 0.165 e. The monoisotopic (exact) mass is 439 g/mol. The molecule has 4 rings (SSSR count). The lowest BCUT2D eigenvalue weighted by atomic mass is 9.76. The van der Waals surface area contributed by atoms with Crippen LogP contribution in [0.5, 0.6) is 17.2 Å². The molecular formula is C19H22INO3. The van der Waals surface area contributed by atoms with Gasteiger partial charge in [0, 0.05) is 24.0 Å². The van der Waals surface area contributed by atoms with Gasteiger partial charge in [-0.1, -0.05) is 6.07 Å². The van der Waals surface area contributed by atoms with Gasteiger partial charge in [0.05, 0.1) is 27.7 Å². The van der Waals surface area contributed by atoms with Crippen LogP contribution in [0.15, 0.2) is 24.3 Å². The van der Waals surface area contributed by atoms with Crippen LogP contribution >= 0.6 is 0 Å². The zero-order valence-corrected chi connectivity index (χ0v) is 16.3. The van der Waals surface area contributed by atoms with Crippen LogP contribution in [-0.4, -0.2) is 42.4 Å². The van der Waals surface area contributed by atoms with Crippen molar-refractivity contribution in [1.82, 2.24) is 0 Å². The SMILES string of the molecule is COc1ccc2c(c1O)-c1cc(O)cc3c1[C@@H](C2)[N+](C)(C)CC3.[I-]. The quantitative estimate of drug-likeness (QED) is 0.487. The van der Waals surface area contributed by atoms with E-state index in [1.54, 1.807) is 13.2 Å². The van der Waals surface area contributed by atoms with Crippen molar-refractivity contribution in [2.75, 3.05) is 27.7 Å². The molecule has 0 fully saturated rings. The number of hydrogen-bond donors (Lipinski definition) is 2. The van der Waals surface area contributed by atoms with Gasteiger partial charge in [-0.05, 0) is 34.9 Å². The second kappa shape index (κ2) is 5.81. The number of rotatable bonds is 1. The average Bonchev–Trinajstić information content (AvgIpc) is 2.50. The van der Waals surface area contributed by atoms with E-state index in [1.807, 2.05) is 18.2 Å². The number of phenolic OH excluding ortho intramolecular Hbond substituents is 2. The zero-order chi connectivity index (χ0) is 16.4. The average molecular weight is 439 g/mol. The Balaban J connectivity index is 0.00000169. The normalized spacial score (nSPS) is 19.7. The van der Waals surface area contributed by atoms with Crippen LogP contribution in [0, 0.1) is 0 Å². The summed E-state index contributed by atoms with van der Waals surface area (Å²) in [6.07, 6.45) is 1.84. The molecule has 24 heavy (non-hydrogen) atoms. The largest absolute Gasteiger partial charge is 1.00 e. The van der Waals surface area contributed by atoms with Crippen molar-refractivity contribution in [1.29, 1.82) is 0 Å². The first-order chi connectivity index (χ1) is 10.9. The van der Waals surface area contributed by atoms with Crippen molar-refractivity contribution in [3.8, 4) is 28.4 Å². The highest BCUT2D eigenvalue weighted by atomic mass is 127. The van der Waals surface area contributed by atoms with Gasteiger partial charge in [-0.25, -0.2) is 0 Å². The molecule has 2 N–H and O–H groups in total. The fraction of sp³-hybridized carbons (Fsp3) is 0.368. The molecule has 2 aromatic carbocycles. The summed E-state index contributed by atoms with van der Waals surface area (Å²) in [5.74, 6) is 0.913. The first-order valence-corrected chi connectivity index (χ1v) is 8.00. The van der Waals surface area contributed by atoms with Gasteiger partial charge < -0.3 is 43.4 Å². The highest BCUT2D eigenvalue weighted by Crippen LogP contribution is 2.52. The summed E-state index contributed by atoms with van der Waals surface area (Å²) in [4.78, 5) is 0. The van der Waals surface area contributed by atoms with E-state index in [0.29, 0.717) is 11.8 Å². The molecule has 128 valence electrons. The van der Waals surface area contributed by atoms with Gasteiger partial charge in [-0.2, -0.15) is 0 Å². The third-order valence-corrected chi connectivity index (χ3v) is 5.51. The molecule has 0 radical (unpaired) electrons. The van der Waals surface area contributed by atoms with Crippen molar-refractivity contribution < 1.29 is 43.4 Å². The first kappa shape index (κ1) is 17.4. The minimum atomic E-state index is 0. The van der Waals surface area contributed by atoms with Crippen molar-refractivity contribution >= 4 is 0 Å². The van der Waals surface area contributed by atoms with Crippen molar-refractivity contribution in [3.05, 3.63) is 41.0 Å². The van der Waals surface area contributed by atoms with Gasteiger partial charge in [-0.3, -0.25) is 0 Å². The molecule has 4 nitrogen and oxygen atoms in total. The van der Waals surface area contributed by atoms with E-state index >= 15 is 0 Å². The van der Waals surface area contributed by atoms with Crippen LogP contribution in [0.25, 0.3) is 11.1 Å². The summed E-state index contributed by atoms with van der Waals surface area (Å²) in [5.41, 5.74) is 5.36. The van der Waals surface area contributed by atoms with Crippen LogP contribution in [0.3, 0.4) is 0 Å². The number of hydrogen-bond acceptors (Lipinski definition) is 3. The lowest BCUT2D eigenvalue weighted by Gasteiger charge is -2.45. The Bertz CT molecular complexity index is 817. The van der Waals surface area contributed by atoms with Gasteiger partial charge in [0.15, 0.2) is 11.5 Å². The fourth-order valence-electron chi connectivity index (χ4n) is 4.22. The number of benzene rings is 2. The number of fused-ring (bicyclic) bond motifs is 2. The number of methoxy groups -OCH3 is 1. The minimum absolute atomic E-state index is 0. The molecule has 0 saturated heterocycles. The topological polar surface area (TPSA) is 49.7 Å². The van der Waals surface area contributed by atoms with Crippen LogP contribution in [0.2, 0.25) is 0 Å². The summed E-state index contributed by atoms with van der Waals surface area (Å²) in [6.45, 7) is 1.05. The van der Waals surface area contributed by atoms with Gasteiger partial charge in [0.1, 0.15) is 11.8 Å². The molecule has 0 aromatic heterocycles. The van der Waals surface area contributed by atoms with E-state index in [9.17, 15) is 10.2 Å². The molecule has 0 amide bonds. The van der Waals surface area contributed by atoms with Gasteiger partial charge in [0.2, 0.25) is 0 Å². The maximum absolute atomic E-state index is 10.7. The van der Waals surface area contributed by atoms with E-state index < -0.39 is 0 Å². The molecule has 1 atom stereocenters. The third kappa shape index (κ3) is 2.37. The summed E-state index contributed by atoms with van der Waals surface area (Å²) < 4.78 is 6.21. The predicted molar refractivity (Wildman–Crippen MR) is 88.9 cm³/mol. The minimum Gasteiger partial charge on any atom is -1.00 e. The Kier molecular flexibility index (Phi) is 4.20. The first-order valence-electron chi connectivity index (χ1n) is 8.00. The van der Waals surface area contributed by atoms with E-state index in [1.165, 1.54) is 11.1 Å². The van der Waals surface area contributed by atoms with Gasteiger partial charge >= 0.3 is 0 Å². The number of halogens is 1. The Morgan fingerprint density at radius 2 is 1.88 bits per heavy atom. The van der Waals surface area contributed by atoms with E-state index in [4.69, 9.17) is 4.74 Å². The molecule has 1 aliphatic carbocycles. The van der Waals surface area contributed by atoms with E-state index in [-0.39, 0.29) is 35.5 Å². The van der Waals surface area contributed by atoms with Gasteiger partial charge in [-0.15, -0.1) is 0 Å². The lowest BCUT2D eigenvalue weighted by Crippen LogP contribution is -3.00. The van der Waals surface area contributed by atoms with Crippen LogP contribution in [0.1, 0.15) is 22.7 Å². The Morgan fingerprint density at radius 3 is 2.58 bits per heavy atom. The predicted octanol–water partition coefficient (Wildman–Crippen LogP) is 0.00710. The number of quaternary nitrogens is 1. The molecule has 0 saturated carbocycles. The number of phenols is 2. The van der Waals surface area contributed by atoms with Crippen molar-refractivity contribution in [2.45, 2.75) is 18.9 Å². The Labute approximate surface area is 159 Å². The highest BCUT2D eigenvalue weighted by molar-refractivity contribution is 5.83. The van der Waals surface area contributed by atoms with Crippen LogP contribution < -0.4 is 28.7 Å². The molecule has 0 unspecified atom stereocenters. The standard InChI is InChI=1S/C19H21NO3.HI/c1-20(2)7-6-12-8-13(21)10-14-17(12)15(20)9-11-4-5-16(23-3)19(22)18(11)14;/h4-5,8,10,15H,6-7,9H2,1-3H3,(H-,21,22);1H/t15-;/m1./s1. The summed E-state index contributed by atoms with van der Waals surface area (Å²) in [7, 11) is 6.09. The molecule has 2 aromatic rings. The van der Waals surface area contributed by atoms with E-state index in [0.717, 1.165) is 40.6 Å².